The van der Waals surface area contributed by atoms with Crippen LogP contribution in [0.15, 0.2) is 0 Å². The second-order valence-electron chi connectivity index (χ2n) is 3.98. The molecule has 7 heteroatoms. The van der Waals surface area contributed by atoms with E-state index in [9.17, 15) is 14.7 Å². The zero-order chi connectivity index (χ0) is 12.1. The summed E-state index contributed by atoms with van der Waals surface area (Å²) in [5.41, 5.74) is -0.937. The minimum absolute atomic E-state index is 0. The van der Waals surface area contributed by atoms with Gasteiger partial charge in [-0.2, -0.15) is 0 Å². The number of aliphatic carboxylic acids is 1. The highest BCUT2D eigenvalue weighted by Crippen LogP contribution is 2.19. The van der Waals surface area contributed by atoms with Crippen LogP contribution in [0.25, 0.3) is 0 Å². The van der Waals surface area contributed by atoms with E-state index in [1.807, 2.05) is 0 Å². The Morgan fingerprint density at radius 2 is 1.88 bits per heavy atom. The van der Waals surface area contributed by atoms with E-state index in [-0.39, 0.29) is 36.9 Å². The molecule has 0 fully saturated rings. The lowest BCUT2D eigenvalue weighted by atomic mass is 9.87. The molecule has 0 bridgehead atoms. The van der Waals surface area contributed by atoms with E-state index < -0.39 is 23.4 Å². The third-order valence-corrected chi connectivity index (χ3v) is 2.03. The molecule has 0 saturated heterocycles. The van der Waals surface area contributed by atoms with E-state index in [1.54, 1.807) is 0 Å². The Bertz CT molecular complexity index is 244. The molecule has 0 aromatic heterocycles. The molecule has 4 N–H and O–H groups in total. The van der Waals surface area contributed by atoms with Gasteiger partial charge in [-0.05, 0) is 0 Å². The lowest BCUT2D eigenvalue weighted by molar-refractivity contribution is -0.138. The Balaban J connectivity index is 0. The van der Waals surface area contributed by atoms with Crippen molar-refractivity contribution in [3.63, 3.8) is 0 Å². The van der Waals surface area contributed by atoms with Crippen molar-refractivity contribution in [3.05, 3.63) is 0 Å². The Hall–Kier alpha value is -0.608. The van der Waals surface area contributed by atoms with Crippen LogP contribution in [-0.4, -0.2) is 63.8 Å². The van der Waals surface area contributed by atoms with Crippen LogP contribution in [0.5, 0.6) is 0 Å². The molecule has 1 atom stereocenters. The molecule has 0 aromatic rings. The van der Waals surface area contributed by atoms with Crippen molar-refractivity contribution in [2.24, 2.45) is 5.41 Å². The van der Waals surface area contributed by atoms with Crippen molar-refractivity contribution in [1.82, 2.24) is 5.32 Å². The molecule has 0 radical (unpaired) electrons. The van der Waals surface area contributed by atoms with Gasteiger partial charge in [0, 0.05) is 12.0 Å². The summed E-state index contributed by atoms with van der Waals surface area (Å²) < 4.78 is 0. The number of carbonyl (C=O) groups excluding carboxylic acids is 1. The molecule has 0 rings (SSSR count). The third-order valence-electron chi connectivity index (χ3n) is 2.03. The first-order chi connectivity index (χ1) is 6.81. The van der Waals surface area contributed by atoms with Gasteiger partial charge in [-0.1, -0.05) is 13.8 Å². The predicted molar refractivity (Wildman–Crippen MR) is 62.1 cm³/mol. The molecule has 6 nitrogen and oxygen atoms in total. The average Bonchev–Trinajstić information content (AvgIpc) is 2.15. The molecule has 0 spiro atoms. The number of carbonyl (C=O) groups is 2. The lowest BCUT2D eigenvalue weighted by Crippen LogP contribution is -2.45. The largest absolute Gasteiger partial charge is 0.481 e. The van der Waals surface area contributed by atoms with Crippen LogP contribution in [0.4, 0.5) is 0 Å². The van der Waals surface area contributed by atoms with Crippen molar-refractivity contribution in [1.29, 1.82) is 0 Å². The Labute approximate surface area is 105 Å². The average molecular weight is 249 g/mol. The molecule has 0 aliphatic carbocycles. The molecule has 0 saturated carbocycles. The summed E-state index contributed by atoms with van der Waals surface area (Å²) in [4.78, 5) is 21.4. The quantitative estimate of drug-likeness (QED) is 0.399. The minimum atomic E-state index is -1.35. The second-order valence-corrected chi connectivity index (χ2v) is 3.98. The fourth-order valence-electron chi connectivity index (χ4n) is 0.831. The van der Waals surface area contributed by atoms with Gasteiger partial charge in [0.05, 0.1) is 13.0 Å². The van der Waals surface area contributed by atoms with Crippen molar-refractivity contribution in [2.75, 3.05) is 13.2 Å². The van der Waals surface area contributed by atoms with E-state index in [0.29, 0.717) is 0 Å². The molecule has 1 amide bonds. The van der Waals surface area contributed by atoms with Gasteiger partial charge < -0.3 is 20.6 Å². The number of carboxylic acids is 1. The Morgan fingerprint density at radius 1 is 1.38 bits per heavy atom. The summed E-state index contributed by atoms with van der Waals surface area (Å²) in [6, 6.07) is 0. The van der Waals surface area contributed by atoms with Gasteiger partial charge in [-0.25, -0.2) is 0 Å². The highest BCUT2D eigenvalue weighted by Gasteiger charge is 2.32. The minimum Gasteiger partial charge on any atom is -0.481 e. The van der Waals surface area contributed by atoms with E-state index in [1.165, 1.54) is 13.8 Å². The van der Waals surface area contributed by atoms with Crippen LogP contribution >= 0.6 is 0 Å². The standard InChI is InChI=1S/C9H17NO5.Al.3H/c1-9(2,5-11)7(14)8(15)10-4-3-6(12)13;;;;/h7,11,14H,3-5H2,1-2H3,(H,10,15)(H,12,13);;;;. The maximum Gasteiger partial charge on any atom is 0.305 e. The van der Waals surface area contributed by atoms with Crippen molar-refractivity contribution in [3.8, 4) is 0 Å². The van der Waals surface area contributed by atoms with Gasteiger partial charge in [-0.3, -0.25) is 9.59 Å². The van der Waals surface area contributed by atoms with Gasteiger partial charge >= 0.3 is 5.97 Å². The number of hydrogen-bond donors (Lipinski definition) is 4. The topological polar surface area (TPSA) is 107 Å². The van der Waals surface area contributed by atoms with E-state index in [4.69, 9.17) is 10.2 Å². The fraction of sp³-hybridized carbons (Fsp3) is 0.778. The van der Waals surface area contributed by atoms with Gasteiger partial charge in [0.15, 0.2) is 17.4 Å². The van der Waals surface area contributed by atoms with E-state index >= 15 is 0 Å². The highest BCUT2D eigenvalue weighted by molar-refractivity contribution is 5.81. The summed E-state index contributed by atoms with van der Waals surface area (Å²) in [5.74, 6) is -1.69. The van der Waals surface area contributed by atoms with Crippen LogP contribution in [0.3, 0.4) is 0 Å². The molecule has 16 heavy (non-hydrogen) atoms. The van der Waals surface area contributed by atoms with Crippen LogP contribution < -0.4 is 5.32 Å². The lowest BCUT2D eigenvalue weighted by Gasteiger charge is -2.26. The van der Waals surface area contributed by atoms with Crippen molar-refractivity contribution in [2.45, 2.75) is 26.4 Å². The van der Waals surface area contributed by atoms with Crippen LogP contribution in [0.1, 0.15) is 20.3 Å². The number of amides is 1. The van der Waals surface area contributed by atoms with Crippen molar-refractivity contribution >= 4 is 29.2 Å². The summed E-state index contributed by atoms with van der Waals surface area (Å²) >= 11 is 0. The first-order valence-corrected chi connectivity index (χ1v) is 4.59. The fourth-order valence-corrected chi connectivity index (χ4v) is 0.831. The van der Waals surface area contributed by atoms with E-state index in [2.05, 4.69) is 5.32 Å². The Kier molecular flexibility index (Phi) is 8.48. The number of aliphatic hydroxyl groups is 2. The van der Waals surface area contributed by atoms with Crippen molar-refractivity contribution < 1.29 is 24.9 Å². The summed E-state index contributed by atoms with van der Waals surface area (Å²) in [6.45, 7) is 2.70. The van der Waals surface area contributed by atoms with E-state index in [0.717, 1.165) is 0 Å². The first kappa shape index (κ1) is 17.8. The normalized spacial score (nSPS) is 12.5. The SMILES string of the molecule is CC(C)(CO)C(O)C(=O)NCCC(=O)O.[AlH3]. The molecule has 0 aliphatic rings. The third kappa shape index (κ3) is 6.08. The Morgan fingerprint density at radius 3 is 2.25 bits per heavy atom. The predicted octanol–water partition coefficient (Wildman–Crippen LogP) is -2.23. The van der Waals surface area contributed by atoms with Gasteiger partial charge in [0.2, 0.25) is 5.91 Å². The number of rotatable bonds is 6. The monoisotopic (exact) mass is 249 g/mol. The summed E-state index contributed by atoms with van der Waals surface area (Å²) in [5, 5.41) is 29.0. The molecule has 0 aromatic carbocycles. The molecular formula is C9H20AlNO5. The van der Waals surface area contributed by atoms with Gasteiger partial charge in [0.25, 0.3) is 0 Å². The van der Waals surface area contributed by atoms with Gasteiger partial charge in [-0.15, -0.1) is 0 Å². The number of carboxylic acid groups (broad SMARTS) is 1. The van der Waals surface area contributed by atoms with Crippen LogP contribution in [0.2, 0.25) is 0 Å². The van der Waals surface area contributed by atoms with Gasteiger partial charge in [0.1, 0.15) is 6.10 Å². The number of nitrogens with one attached hydrogen (secondary N) is 1. The highest BCUT2D eigenvalue weighted by atomic mass is 27.0. The zero-order valence-electron chi connectivity index (χ0n) is 8.86. The molecule has 94 valence electrons. The summed E-state index contributed by atoms with van der Waals surface area (Å²) in [6.07, 6.45) is -1.55. The maximum atomic E-state index is 11.3. The smallest absolute Gasteiger partial charge is 0.305 e. The molecular weight excluding hydrogens is 229 g/mol. The number of aliphatic hydroxyl groups excluding tert-OH is 2. The molecule has 1 unspecified atom stereocenters. The maximum absolute atomic E-state index is 11.3. The summed E-state index contributed by atoms with van der Waals surface area (Å²) in [7, 11) is 0. The second kappa shape index (κ2) is 7.63. The molecule has 0 aliphatic heterocycles. The first-order valence-electron chi connectivity index (χ1n) is 4.59. The van der Waals surface area contributed by atoms with Crippen LogP contribution in [0, 0.1) is 5.41 Å². The van der Waals surface area contributed by atoms with Crippen LogP contribution in [-0.2, 0) is 9.59 Å². The number of hydrogen-bond acceptors (Lipinski definition) is 4. The molecule has 0 heterocycles. The zero-order valence-corrected chi connectivity index (χ0v) is 8.86.